The Morgan fingerprint density at radius 1 is 1.32 bits per heavy atom. The molecule has 1 N–H and O–H groups in total. The average molecular weight is 305 g/mol. The van der Waals surface area contributed by atoms with Crippen LogP contribution in [-0.2, 0) is 29.1 Å². The summed E-state index contributed by atoms with van der Waals surface area (Å²) in [6.45, 7) is 4.50. The van der Waals surface area contributed by atoms with Crippen LogP contribution in [0.15, 0.2) is 0 Å². The van der Waals surface area contributed by atoms with Gasteiger partial charge in [0, 0.05) is 32.5 Å². The van der Waals surface area contributed by atoms with E-state index in [4.69, 9.17) is 0 Å². The summed E-state index contributed by atoms with van der Waals surface area (Å²) in [5.41, 5.74) is 0. The van der Waals surface area contributed by atoms with Gasteiger partial charge in [-0.15, -0.1) is 10.2 Å². The first-order chi connectivity index (χ1) is 10.7. The number of amides is 2. The Kier molecular flexibility index (Phi) is 4.40. The summed E-state index contributed by atoms with van der Waals surface area (Å²) in [5, 5.41) is 11.3. The second kappa shape index (κ2) is 6.46. The molecule has 0 saturated carbocycles. The smallest absolute Gasteiger partial charge is 0.225 e. The van der Waals surface area contributed by atoms with Gasteiger partial charge in [0.1, 0.15) is 5.82 Å². The molecule has 3 rings (SSSR count). The molecule has 22 heavy (non-hydrogen) atoms. The minimum absolute atomic E-state index is 0.0131. The van der Waals surface area contributed by atoms with E-state index in [1.165, 1.54) is 0 Å². The molecule has 2 amide bonds. The fourth-order valence-corrected chi connectivity index (χ4v) is 3.24. The van der Waals surface area contributed by atoms with Crippen molar-refractivity contribution in [2.45, 2.75) is 52.1 Å². The van der Waals surface area contributed by atoms with Gasteiger partial charge in [-0.05, 0) is 26.2 Å². The van der Waals surface area contributed by atoms with Gasteiger partial charge in [-0.25, -0.2) is 0 Å². The maximum absolute atomic E-state index is 12.3. The number of fused-ring (bicyclic) bond motifs is 1. The maximum atomic E-state index is 12.3. The molecule has 1 aromatic rings. The zero-order valence-corrected chi connectivity index (χ0v) is 13.0. The number of likely N-dealkylation sites (tertiary alicyclic amines) is 1. The number of piperidine rings is 1. The highest BCUT2D eigenvalue weighted by molar-refractivity contribution is 5.83. The van der Waals surface area contributed by atoms with Crippen LogP contribution in [0.5, 0.6) is 0 Å². The van der Waals surface area contributed by atoms with Crippen LogP contribution in [0.3, 0.4) is 0 Å². The summed E-state index contributed by atoms with van der Waals surface area (Å²) < 4.78 is 2.12. The van der Waals surface area contributed by atoms with Gasteiger partial charge in [0.2, 0.25) is 11.8 Å². The number of aryl methyl sites for hydroxylation is 1. The van der Waals surface area contributed by atoms with Crippen molar-refractivity contribution >= 4 is 11.8 Å². The van der Waals surface area contributed by atoms with Crippen LogP contribution in [-0.4, -0.2) is 44.6 Å². The molecule has 0 spiro atoms. The minimum atomic E-state index is -0.110. The van der Waals surface area contributed by atoms with E-state index in [1.54, 1.807) is 4.90 Å². The first-order valence-electron chi connectivity index (χ1n) is 8.15. The topological polar surface area (TPSA) is 80.1 Å². The zero-order valence-electron chi connectivity index (χ0n) is 13.0. The molecule has 3 heterocycles. The highest BCUT2D eigenvalue weighted by Crippen LogP contribution is 2.18. The third-order valence-electron chi connectivity index (χ3n) is 4.61. The summed E-state index contributed by atoms with van der Waals surface area (Å²) in [4.78, 5) is 25.8. The molecule has 1 atom stereocenters. The summed E-state index contributed by atoms with van der Waals surface area (Å²) in [7, 11) is 0. The molecular weight excluding hydrogens is 282 g/mol. The Balaban J connectivity index is 1.56. The summed E-state index contributed by atoms with van der Waals surface area (Å²) in [5.74, 6) is 1.91. The minimum Gasteiger partial charge on any atom is -0.348 e. The summed E-state index contributed by atoms with van der Waals surface area (Å²) in [6, 6.07) is 0. The lowest BCUT2D eigenvalue weighted by atomic mass is 9.96. The Morgan fingerprint density at radius 2 is 2.18 bits per heavy atom. The predicted octanol–water partition coefficient (Wildman–Crippen LogP) is 0.489. The highest BCUT2D eigenvalue weighted by Gasteiger charge is 2.29. The standard InChI is InChI=1S/C15H23N5O2/c1-2-19-10-11(6-7-14(19)21)15(22)16-9-13-18-17-12-5-3-4-8-20(12)13/h11H,2-10H2,1H3,(H,16,22). The average Bonchev–Trinajstić information content (AvgIpc) is 2.96. The lowest BCUT2D eigenvalue weighted by molar-refractivity contribution is -0.138. The molecule has 0 bridgehead atoms. The van der Waals surface area contributed by atoms with Crippen molar-refractivity contribution in [3.63, 3.8) is 0 Å². The number of carbonyl (C=O) groups excluding carboxylic acids is 2. The van der Waals surface area contributed by atoms with Crippen molar-refractivity contribution < 1.29 is 9.59 Å². The quantitative estimate of drug-likeness (QED) is 0.878. The number of carbonyl (C=O) groups is 2. The van der Waals surface area contributed by atoms with E-state index in [0.29, 0.717) is 32.5 Å². The van der Waals surface area contributed by atoms with Crippen LogP contribution >= 0.6 is 0 Å². The lowest BCUT2D eigenvalue weighted by Crippen LogP contribution is -2.45. The fourth-order valence-electron chi connectivity index (χ4n) is 3.24. The molecule has 1 unspecified atom stereocenters. The van der Waals surface area contributed by atoms with E-state index in [1.807, 2.05) is 6.92 Å². The van der Waals surface area contributed by atoms with E-state index in [9.17, 15) is 9.59 Å². The van der Waals surface area contributed by atoms with Crippen LogP contribution in [0.1, 0.15) is 44.3 Å². The number of nitrogens with one attached hydrogen (secondary N) is 1. The van der Waals surface area contributed by atoms with Crippen LogP contribution < -0.4 is 5.32 Å². The molecule has 7 nitrogen and oxygen atoms in total. The number of nitrogens with zero attached hydrogens (tertiary/aromatic N) is 4. The van der Waals surface area contributed by atoms with E-state index >= 15 is 0 Å². The van der Waals surface area contributed by atoms with Gasteiger partial charge in [0.25, 0.3) is 0 Å². The zero-order chi connectivity index (χ0) is 15.5. The number of rotatable bonds is 4. The third kappa shape index (κ3) is 2.98. The second-order valence-electron chi connectivity index (χ2n) is 6.03. The van der Waals surface area contributed by atoms with Gasteiger partial charge in [-0.3, -0.25) is 9.59 Å². The largest absolute Gasteiger partial charge is 0.348 e. The first kappa shape index (κ1) is 15.0. The summed E-state index contributed by atoms with van der Waals surface area (Å²) >= 11 is 0. The van der Waals surface area contributed by atoms with E-state index in [-0.39, 0.29) is 17.7 Å². The van der Waals surface area contributed by atoms with Gasteiger partial charge in [0.15, 0.2) is 5.82 Å². The molecule has 1 fully saturated rings. The van der Waals surface area contributed by atoms with Crippen LogP contribution in [0.2, 0.25) is 0 Å². The third-order valence-corrected chi connectivity index (χ3v) is 4.61. The molecular formula is C15H23N5O2. The first-order valence-corrected chi connectivity index (χ1v) is 8.15. The number of hydrogen-bond acceptors (Lipinski definition) is 4. The van der Waals surface area contributed by atoms with Crippen molar-refractivity contribution in [2.24, 2.45) is 5.92 Å². The van der Waals surface area contributed by atoms with Crippen molar-refractivity contribution in [1.82, 2.24) is 25.0 Å². The van der Waals surface area contributed by atoms with Gasteiger partial charge >= 0.3 is 0 Å². The Hall–Kier alpha value is -1.92. The molecule has 2 aliphatic heterocycles. The molecule has 0 aliphatic carbocycles. The Bertz CT molecular complexity index is 568. The lowest BCUT2D eigenvalue weighted by Gasteiger charge is -2.31. The molecule has 7 heteroatoms. The molecule has 1 aromatic heterocycles. The maximum Gasteiger partial charge on any atom is 0.225 e. The fraction of sp³-hybridized carbons (Fsp3) is 0.733. The van der Waals surface area contributed by atoms with Gasteiger partial charge in [-0.1, -0.05) is 0 Å². The SMILES string of the molecule is CCN1CC(C(=O)NCc2nnc3n2CCCC3)CCC1=O. The van der Waals surface area contributed by atoms with Crippen molar-refractivity contribution in [1.29, 1.82) is 0 Å². The monoisotopic (exact) mass is 305 g/mol. The van der Waals surface area contributed by atoms with Gasteiger partial charge in [-0.2, -0.15) is 0 Å². The number of hydrogen-bond donors (Lipinski definition) is 1. The van der Waals surface area contributed by atoms with E-state index < -0.39 is 0 Å². The van der Waals surface area contributed by atoms with Crippen LogP contribution in [0.4, 0.5) is 0 Å². The highest BCUT2D eigenvalue weighted by atomic mass is 16.2. The Labute approximate surface area is 130 Å². The van der Waals surface area contributed by atoms with Crippen LogP contribution in [0, 0.1) is 5.92 Å². The molecule has 2 aliphatic rings. The van der Waals surface area contributed by atoms with Crippen LogP contribution in [0.25, 0.3) is 0 Å². The molecule has 1 saturated heterocycles. The second-order valence-corrected chi connectivity index (χ2v) is 6.03. The molecule has 0 aromatic carbocycles. The van der Waals surface area contributed by atoms with Crippen molar-refractivity contribution in [3.8, 4) is 0 Å². The van der Waals surface area contributed by atoms with Gasteiger partial charge < -0.3 is 14.8 Å². The van der Waals surface area contributed by atoms with Crippen molar-refractivity contribution in [2.75, 3.05) is 13.1 Å². The predicted molar refractivity (Wildman–Crippen MR) is 79.8 cm³/mol. The number of aromatic nitrogens is 3. The van der Waals surface area contributed by atoms with Crippen molar-refractivity contribution in [3.05, 3.63) is 11.6 Å². The summed E-state index contributed by atoms with van der Waals surface area (Å²) in [6.07, 6.45) is 4.37. The normalized spacial score (nSPS) is 21.6. The Morgan fingerprint density at radius 3 is 3.00 bits per heavy atom. The van der Waals surface area contributed by atoms with E-state index in [2.05, 4.69) is 20.1 Å². The molecule has 0 radical (unpaired) electrons. The van der Waals surface area contributed by atoms with E-state index in [0.717, 1.165) is 37.5 Å². The van der Waals surface area contributed by atoms with Gasteiger partial charge in [0.05, 0.1) is 12.5 Å². The molecule has 120 valence electrons.